The Morgan fingerprint density at radius 1 is 1.62 bits per heavy atom. The average molecular weight is 329 g/mol. The van der Waals surface area contributed by atoms with Crippen LogP contribution in [-0.4, -0.2) is 22.6 Å². The van der Waals surface area contributed by atoms with Crippen molar-refractivity contribution in [2.45, 2.75) is 0 Å². The molecule has 1 rings (SSSR count). The Morgan fingerprint density at radius 3 is 2.62 bits per heavy atom. The zero-order chi connectivity index (χ0) is 10.1. The molecule has 0 N–H and O–H groups in total. The van der Waals surface area contributed by atoms with E-state index in [1.54, 1.807) is 11.4 Å². The first-order chi connectivity index (χ1) is 5.88. The van der Waals surface area contributed by atoms with Gasteiger partial charge in [0.15, 0.2) is 0 Å². The highest BCUT2D eigenvalue weighted by Gasteiger charge is 2.07. The molecule has 0 aliphatic heterocycles. The smallest absolute Gasteiger partial charge is 0.266 e. The topological polar surface area (TPSA) is 46.5 Å². The summed E-state index contributed by atoms with van der Waals surface area (Å²) in [6, 6.07) is 1.74. The standard InChI is InChI=1S/C7H8INO2S2/c1-13(2,11)9-7(10)5-3-6(8)12-4-5/h3-4H,1-2H3. The van der Waals surface area contributed by atoms with Gasteiger partial charge in [-0.1, -0.05) is 0 Å². The van der Waals surface area contributed by atoms with Gasteiger partial charge in [0.05, 0.1) is 8.45 Å². The number of hydrogen-bond donors (Lipinski definition) is 0. The van der Waals surface area contributed by atoms with Gasteiger partial charge in [-0.25, -0.2) is 4.21 Å². The fourth-order valence-corrected chi connectivity index (χ4v) is 2.50. The number of nitrogens with zero attached hydrogens (tertiary/aromatic N) is 1. The fourth-order valence-electron chi connectivity index (χ4n) is 0.675. The van der Waals surface area contributed by atoms with Gasteiger partial charge in [-0.15, -0.1) is 11.3 Å². The van der Waals surface area contributed by atoms with Crippen LogP contribution in [-0.2, 0) is 9.73 Å². The molecule has 1 aromatic rings. The lowest BCUT2D eigenvalue weighted by Gasteiger charge is -1.92. The molecule has 72 valence electrons. The molecule has 0 aromatic carbocycles. The quantitative estimate of drug-likeness (QED) is 0.742. The molecule has 0 bridgehead atoms. The fraction of sp³-hybridized carbons (Fsp3) is 0.286. The molecular formula is C7H8INO2S2. The van der Waals surface area contributed by atoms with Crippen LogP contribution in [0.3, 0.4) is 0 Å². The minimum atomic E-state index is -2.33. The van der Waals surface area contributed by atoms with Crippen LogP contribution in [0.15, 0.2) is 15.8 Å². The molecule has 0 aliphatic carbocycles. The molecule has 0 fully saturated rings. The number of amides is 1. The van der Waals surface area contributed by atoms with E-state index in [2.05, 4.69) is 27.0 Å². The van der Waals surface area contributed by atoms with E-state index in [1.807, 2.05) is 0 Å². The van der Waals surface area contributed by atoms with Crippen molar-refractivity contribution in [3.63, 3.8) is 0 Å². The molecule has 0 saturated heterocycles. The maximum Gasteiger partial charge on any atom is 0.285 e. The lowest BCUT2D eigenvalue weighted by atomic mass is 10.3. The number of rotatable bonds is 1. The second-order valence-electron chi connectivity index (χ2n) is 2.72. The predicted molar refractivity (Wildman–Crippen MR) is 63.8 cm³/mol. The van der Waals surface area contributed by atoms with Crippen molar-refractivity contribution in [1.82, 2.24) is 0 Å². The molecule has 1 aromatic heterocycles. The summed E-state index contributed by atoms with van der Waals surface area (Å²) in [5.74, 6) is -0.394. The van der Waals surface area contributed by atoms with Crippen molar-refractivity contribution in [2.24, 2.45) is 4.36 Å². The Morgan fingerprint density at radius 2 is 2.23 bits per heavy atom. The summed E-state index contributed by atoms with van der Waals surface area (Å²) in [7, 11) is -2.33. The van der Waals surface area contributed by atoms with Gasteiger partial charge in [-0.05, 0) is 28.7 Å². The van der Waals surface area contributed by atoms with Crippen molar-refractivity contribution in [3.8, 4) is 0 Å². The second kappa shape index (κ2) is 4.05. The molecule has 0 saturated carbocycles. The maximum atomic E-state index is 11.3. The molecule has 3 nitrogen and oxygen atoms in total. The predicted octanol–water partition coefficient (Wildman–Crippen LogP) is 2.22. The Hall–Kier alpha value is 0.0500. The Balaban J connectivity index is 3.01. The van der Waals surface area contributed by atoms with Gasteiger partial charge < -0.3 is 0 Å². The van der Waals surface area contributed by atoms with Gasteiger partial charge in [0.2, 0.25) is 0 Å². The second-order valence-corrected chi connectivity index (χ2v) is 8.07. The van der Waals surface area contributed by atoms with Crippen LogP contribution < -0.4 is 0 Å². The molecule has 0 aliphatic rings. The summed E-state index contributed by atoms with van der Waals surface area (Å²) in [4.78, 5) is 11.3. The lowest BCUT2D eigenvalue weighted by molar-refractivity contribution is 0.101. The van der Waals surface area contributed by atoms with E-state index in [0.29, 0.717) is 5.56 Å². The van der Waals surface area contributed by atoms with Crippen LogP contribution in [0.25, 0.3) is 0 Å². The Bertz CT molecular complexity index is 435. The molecule has 0 unspecified atom stereocenters. The minimum absolute atomic E-state index is 0.394. The van der Waals surface area contributed by atoms with Crippen LogP contribution in [0.1, 0.15) is 10.4 Å². The maximum absolute atomic E-state index is 11.3. The van der Waals surface area contributed by atoms with Crippen molar-refractivity contribution in [1.29, 1.82) is 0 Å². The van der Waals surface area contributed by atoms with Crippen molar-refractivity contribution in [3.05, 3.63) is 19.9 Å². The number of carbonyl (C=O) groups excluding carboxylic acids is 1. The van der Waals surface area contributed by atoms with E-state index in [0.717, 1.165) is 2.88 Å². The molecule has 0 radical (unpaired) electrons. The first-order valence-electron chi connectivity index (χ1n) is 3.34. The number of hydrogen-bond acceptors (Lipinski definition) is 3. The molecular weight excluding hydrogens is 321 g/mol. The van der Waals surface area contributed by atoms with Crippen LogP contribution in [0.4, 0.5) is 0 Å². The summed E-state index contributed by atoms with van der Waals surface area (Å²) in [5.41, 5.74) is 0.519. The van der Waals surface area contributed by atoms with Crippen LogP contribution >= 0.6 is 33.9 Å². The molecule has 13 heavy (non-hydrogen) atoms. The van der Waals surface area contributed by atoms with E-state index >= 15 is 0 Å². The van der Waals surface area contributed by atoms with Gasteiger partial charge in [-0.2, -0.15) is 4.36 Å². The third kappa shape index (κ3) is 3.74. The highest BCUT2D eigenvalue weighted by atomic mass is 127. The minimum Gasteiger partial charge on any atom is -0.266 e. The van der Waals surface area contributed by atoms with E-state index in [4.69, 9.17) is 0 Å². The van der Waals surface area contributed by atoms with Gasteiger partial charge in [0.1, 0.15) is 0 Å². The van der Waals surface area contributed by atoms with Gasteiger partial charge in [-0.3, -0.25) is 4.79 Å². The molecule has 6 heteroatoms. The number of halogens is 1. The highest BCUT2D eigenvalue weighted by Crippen LogP contribution is 2.17. The van der Waals surface area contributed by atoms with Gasteiger partial charge in [0, 0.05) is 27.6 Å². The normalized spacial score (nSPS) is 11.3. The van der Waals surface area contributed by atoms with Gasteiger partial charge in [0.25, 0.3) is 5.91 Å². The van der Waals surface area contributed by atoms with Crippen molar-refractivity contribution < 1.29 is 9.00 Å². The average Bonchev–Trinajstić information content (AvgIpc) is 2.31. The van der Waals surface area contributed by atoms with E-state index in [9.17, 15) is 9.00 Å². The van der Waals surface area contributed by atoms with Crippen LogP contribution in [0.2, 0.25) is 0 Å². The van der Waals surface area contributed by atoms with Crippen LogP contribution in [0, 0.1) is 2.88 Å². The highest BCUT2D eigenvalue weighted by molar-refractivity contribution is 14.1. The zero-order valence-electron chi connectivity index (χ0n) is 7.11. The van der Waals surface area contributed by atoms with E-state index in [1.165, 1.54) is 23.8 Å². The summed E-state index contributed by atoms with van der Waals surface area (Å²) < 4.78 is 15.8. The van der Waals surface area contributed by atoms with Crippen molar-refractivity contribution in [2.75, 3.05) is 12.5 Å². The van der Waals surface area contributed by atoms with E-state index < -0.39 is 15.6 Å². The number of thiophene rings is 1. The number of carbonyl (C=O) groups is 1. The largest absolute Gasteiger partial charge is 0.285 e. The SMILES string of the molecule is CS(C)(=O)=NC(=O)c1csc(I)c1. The Kier molecular flexibility index (Phi) is 3.47. The third-order valence-electron chi connectivity index (χ3n) is 1.12. The van der Waals surface area contributed by atoms with Gasteiger partial charge >= 0.3 is 0 Å². The van der Waals surface area contributed by atoms with Crippen LogP contribution in [0.5, 0.6) is 0 Å². The first kappa shape index (κ1) is 11.1. The lowest BCUT2D eigenvalue weighted by Crippen LogP contribution is -1.99. The summed E-state index contributed by atoms with van der Waals surface area (Å²) in [6.45, 7) is 0. The summed E-state index contributed by atoms with van der Waals surface area (Å²) >= 11 is 3.60. The molecule has 0 atom stereocenters. The van der Waals surface area contributed by atoms with E-state index in [-0.39, 0.29) is 0 Å². The summed E-state index contributed by atoms with van der Waals surface area (Å²) in [6.07, 6.45) is 2.89. The first-order valence-corrected chi connectivity index (χ1v) is 7.63. The zero-order valence-corrected chi connectivity index (χ0v) is 10.9. The molecule has 1 amide bonds. The molecule has 1 heterocycles. The molecule has 0 spiro atoms. The monoisotopic (exact) mass is 329 g/mol. The Labute approximate surface area is 94.9 Å². The third-order valence-corrected chi connectivity index (χ3v) is 3.51. The van der Waals surface area contributed by atoms with Crippen molar-refractivity contribution >= 4 is 49.6 Å². The summed E-state index contributed by atoms with van der Waals surface area (Å²) in [5, 5.41) is 1.72.